The lowest BCUT2D eigenvalue weighted by Crippen LogP contribution is -2.80. The highest BCUT2D eigenvalue weighted by atomic mass is 32.2. The first-order chi connectivity index (χ1) is 15.0. The molecule has 0 bridgehead atoms. The summed E-state index contributed by atoms with van der Waals surface area (Å²) in [7, 11) is 1.72. The molecular weight excluding hydrogens is 499 g/mol. The second-order valence-corrected chi connectivity index (χ2v) is 11.2. The van der Waals surface area contributed by atoms with Gasteiger partial charge in [-0.3, -0.25) is 9.79 Å². The molecular formula is C16H17N7O3S5. The highest BCUT2D eigenvalue weighted by Gasteiger charge is 2.63. The summed E-state index contributed by atoms with van der Waals surface area (Å²) in [6, 6.07) is 0. The Labute approximate surface area is 198 Å². The van der Waals surface area contributed by atoms with Crippen LogP contribution in [0.25, 0.3) is 0 Å². The van der Waals surface area contributed by atoms with E-state index in [1.807, 2.05) is 12.5 Å². The zero-order chi connectivity index (χ0) is 22.0. The van der Waals surface area contributed by atoms with Crippen molar-refractivity contribution in [3.63, 3.8) is 0 Å². The molecule has 3 N–H and O–H groups in total. The molecule has 1 saturated heterocycles. The van der Waals surface area contributed by atoms with E-state index in [0.29, 0.717) is 16.6 Å². The summed E-state index contributed by atoms with van der Waals surface area (Å²) in [6.07, 6.45) is 4.67. The molecule has 2 atom stereocenters. The smallest absolute Gasteiger partial charge is 0.390 e. The fraction of sp³-hybridized carbons (Fsp3) is 0.375. The highest BCUT2D eigenvalue weighted by molar-refractivity contribution is 8.15. The Morgan fingerprint density at radius 1 is 1.52 bits per heavy atom. The Morgan fingerprint density at radius 3 is 3.00 bits per heavy atom. The van der Waals surface area contributed by atoms with Crippen LogP contribution in [0.1, 0.15) is 0 Å². The van der Waals surface area contributed by atoms with Crippen molar-refractivity contribution in [1.29, 1.82) is 0 Å². The number of rotatable bonds is 7. The first-order valence-corrected chi connectivity index (χ1v) is 13.7. The number of thioether (sulfide) groups is 3. The first-order valence-electron chi connectivity index (χ1n) is 8.74. The SMILES string of the molecule is C/N=C1\S[C@@H]2N(C=C1CSc1cnns1)C(=O)[C@@]2(CSC)NC(=O)Oc1csc(N)n1. The molecule has 2 aromatic heterocycles. The van der Waals surface area contributed by atoms with Crippen molar-refractivity contribution in [3.05, 3.63) is 23.3 Å². The molecule has 4 heterocycles. The molecule has 2 aliphatic heterocycles. The molecule has 0 aliphatic carbocycles. The van der Waals surface area contributed by atoms with Crippen LogP contribution in [0, 0.1) is 0 Å². The van der Waals surface area contributed by atoms with E-state index in [9.17, 15) is 9.59 Å². The van der Waals surface area contributed by atoms with Gasteiger partial charge in [-0.15, -0.1) is 28.2 Å². The van der Waals surface area contributed by atoms with Crippen LogP contribution in [0.15, 0.2) is 32.6 Å². The Kier molecular flexibility index (Phi) is 6.76. The number of carbonyl (C=O) groups excluding carboxylic acids is 2. The number of nitrogen functional groups attached to an aromatic ring is 1. The standard InChI is InChI=1S/C16H17N7O3S5/c1-18-11-8(5-28-10-3-19-22-31-10)4-23-12(24)16(7-27-2,13(23)30-11)21-15(25)26-9-6-29-14(17)20-9/h3-4,6,13H,5,7H2,1-2H3,(H2,17,20)(H,21,25)/b18-11-/t13-,16+/m0/s1. The van der Waals surface area contributed by atoms with Crippen LogP contribution in [0.3, 0.4) is 0 Å². The Morgan fingerprint density at radius 2 is 2.35 bits per heavy atom. The van der Waals surface area contributed by atoms with E-state index < -0.39 is 11.6 Å². The van der Waals surface area contributed by atoms with E-state index in [4.69, 9.17) is 10.5 Å². The van der Waals surface area contributed by atoms with Gasteiger partial charge in [0.25, 0.3) is 5.91 Å². The molecule has 15 heteroatoms. The highest BCUT2D eigenvalue weighted by Crippen LogP contribution is 2.46. The Bertz CT molecular complexity index is 1040. The third kappa shape index (κ3) is 4.41. The number of anilines is 1. The van der Waals surface area contributed by atoms with Crippen LogP contribution in [-0.4, -0.2) is 72.2 Å². The van der Waals surface area contributed by atoms with Gasteiger partial charge in [0.15, 0.2) is 10.7 Å². The van der Waals surface area contributed by atoms with Crippen LogP contribution in [0.5, 0.6) is 5.88 Å². The fourth-order valence-corrected chi connectivity index (χ4v) is 7.27. The van der Waals surface area contributed by atoms with E-state index >= 15 is 0 Å². The average Bonchev–Trinajstić information content (AvgIpc) is 3.42. The van der Waals surface area contributed by atoms with E-state index in [1.165, 1.54) is 51.8 Å². The molecule has 10 nitrogen and oxygen atoms in total. The monoisotopic (exact) mass is 515 g/mol. The topological polar surface area (TPSA) is 136 Å². The summed E-state index contributed by atoms with van der Waals surface area (Å²) >= 11 is 7.01. The van der Waals surface area contributed by atoms with Gasteiger partial charge < -0.3 is 20.7 Å². The molecule has 164 valence electrons. The minimum atomic E-state index is -1.10. The van der Waals surface area contributed by atoms with Crippen molar-refractivity contribution < 1.29 is 14.3 Å². The third-order valence-electron chi connectivity index (χ3n) is 4.39. The van der Waals surface area contributed by atoms with Crippen molar-refractivity contribution in [2.24, 2.45) is 4.99 Å². The molecule has 0 spiro atoms. The number of nitrogens with zero attached hydrogens (tertiary/aromatic N) is 5. The number of thiazole rings is 1. The number of ether oxygens (including phenoxy) is 1. The van der Waals surface area contributed by atoms with Gasteiger partial charge in [0.2, 0.25) is 5.88 Å². The van der Waals surface area contributed by atoms with Crippen LogP contribution in [0.2, 0.25) is 0 Å². The summed E-state index contributed by atoms with van der Waals surface area (Å²) in [5, 5.41) is 8.95. The quantitative estimate of drug-likeness (QED) is 0.418. The van der Waals surface area contributed by atoms with Crippen LogP contribution in [-0.2, 0) is 4.79 Å². The summed E-state index contributed by atoms with van der Waals surface area (Å²) < 4.78 is 10.1. The number of hydrogen-bond donors (Lipinski definition) is 2. The lowest BCUT2D eigenvalue weighted by atomic mass is 9.90. The number of amides is 2. The Balaban J connectivity index is 1.51. The number of β-lactam (4-membered cyclic amide) rings is 1. The second kappa shape index (κ2) is 9.36. The van der Waals surface area contributed by atoms with Gasteiger partial charge >= 0.3 is 6.09 Å². The zero-order valence-corrected chi connectivity index (χ0v) is 20.4. The Hall–Kier alpha value is -1.81. The lowest BCUT2D eigenvalue weighted by Gasteiger charge is -2.55. The molecule has 4 rings (SSSR count). The molecule has 0 unspecified atom stereocenters. The average molecular weight is 516 g/mol. The van der Waals surface area contributed by atoms with Gasteiger partial charge in [-0.05, 0) is 17.8 Å². The molecule has 1 fully saturated rings. The number of aromatic nitrogens is 3. The number of carbonyl (C=O) groups is 2. The summed E-state index contributed by atoms with van der Waals surface area (Å²) in [6.45, 7) is 0. The van der Waals surface area contributed by atoms with Crippen molar-refractivity contribution in [1.82, 2.24) is 24.8 Å². The maximum Gasteiger partial charge on any atom is 0.414 e. The minimum absolute atomic E-state index is 0.104. The maximum absolute atomic E-state index is 13.2. The van der Waals surface area contributed by atoms with Crippen LogP contribution in [0.4, 0.5) is 9.93 Å². The second-order valence-electron chi connectivity index (χ2n) is 6.33. The molecule has 0 radical (unpaired) electrons. The zero-order valence-electron chi connectivity index (χ0n) is 16.3. The first kappa shape index (κ1) is 22.4. The van der Waals surface area contributed by atoms with Crippen molar-refractivity contribution in [2.75, 3.05) is 30.5 Å². The molecule has 0 saturated carbocycles. The number of nitrogens with one attached hydrogen (secondary N) is 1. The number of fused-ring (bicyclic) bond motifs is 1. The van der Waals surface area contributed by atoms with Crippen molar-refractivity contribution in [3.8, 4) is 5.88 Å². The number of aliphatic imine (C=N–C) groups is 1. The molecule has 31 heavy (non-hydrogen) atoms. The van der Waals surface area contributed by atoms with Crippen molar-refractivity contribution in [2.45, 2.75) is 15.1 Å². The van der Waals surface area contributed by atoms with Gasteiger partial charge in [-0.25, -0.2) is 4.79 Å². The minimum Gasteiger partial charge on any atom is -0.390 e. The van der Waals surface area contributed by atoms with Gasteiger partial charge in [-0.1, -0.05) is 16.3 Å². The molecule has 2 aromatic rings. The number of nitrogens with two attached hydrogens (primary N) is 1. The van der Waals surface area contributed by atoms with E-state index in [-0.39, 0.29) is 17.2 Å². The molecule has 0 aromatic carbocycles. The largest absolute Gasteiger partial charge is 0.414 e. The predicted molar refractivity (Wildman–Crippen MR) is 127 cm³/mol. The number of hydrogen-bond acceptors (Lipinski definition) is 13. The molecule has 2 amide bonds. The van der Waals surface area contributed by atoms with Crippen LogP contribution >= 0.6 is 58.2 Å². The van der Waals surface area contributed by atoms with Crippen molar-refractivity contribution >= 4 is 80.3 Å². The van der Waals surface area contributed by atoms with Gasteiger partial charge in [-0.2, -0.15) is 16.7 Å². The fourth-order valence-electron chi connectivity index (χ4n) is 3.10. The summed E-state index contributed by atoms with van der Waals surface area (Å²) in [5.41, 5.74) is 5.41. The normalized spacial score (nSPS) is 23.9. The molecule has 2 aliphatic rings. The lowest BCUT2D eigenvalue weighted by molar-refractivity contribution is -0.148. The predicted octanol–water partition coefficient (Wildman–Crippen LogP) is 2.39. The maximum atomic E-state index is 13.2. The van der Waals surface area contributed by atoms with Gasteiger partial charge in [0.05, 0.1) is 16.6 Å². The van der Waals surface area contributed by atoms with E-state index in [2.05, 4.69) is 24.9 Å². The van der Waals surface area contributed by atoms with Gasteiger partial charge in [0.1, 0.15) is 9.58 Å². The van der Waals surface area contributed by atoms with Gasteiger partial charge in [0, 0.05) is 30.3 Å². The van der Waals surface area contributed by atoms with E-state index in [0.717, 1.165) is 14.8 Å². The third-order valence-corrected chi connectivity index (χ3v) is 9.19. The van der Waals surface area contributed by atoms with Crippen LogP contribution < -0.4 is 15.8 Å². The summed E-state index contributed by atoms with van der Waals surface area (Å²) in [5.74, 6) is 0.949. The summed E-state index contributed by atoms with van der Waals surface area (Å²) in [4.78, 5) is 35.6. The van der Waals surface area contributed by atoms with E-state index in [1.54, 1.807) is 29.9 Å².